The number of carbonyl (C=O) groups is 9. The molecule has 1 heterocycles. The molecule has 12 atom stereocenters. The van der Waals surface area contributed by atoms with Crippen LogP contribution in [0.15, 0.2) is 48.5 Å². The number of nitrogens with two attached hydrogens (primary N) is 1. The molecule has 0 aromatic heterocycles. The van der Waals surface area contributed by atoms with E-state index in [-0.39, 0.29) is 62.0 Å². The Kier molecular flexibility index (Phi) is 34.0. The lowest BCUT2D eigenvalue weighted by Crippen LogP contribution is -2.60. The Morgan fingerprint density at radius 3 is 1.88 bits per heavy atom. The van der Waals surface area contributed by atoms with Crippen LogP contribution in [0.3, 0.4) is 0 Å². The van der Waals surface area contributed by atoms with Crippen molar-refractivity contribution in [1.82, 2.24) is 41.3 Å². The standard InChI is InChI=1S/C68H112N10O13/c1-17-20-21-22-23-26-47-29-33-49(34-30-47)60(81)46(12)71-62(82)45(11)61(90-16)52-28-25-38-78(52)55(80)39-53(89-15)59(44(10)18-2)76(13)66(86)57(42(6)7)75-65(85)58(43(8)9)77(14)68(88)91-40-48-31-35-50(36-32-48)72-63(83)51(27-24-37-70-67(69)87)73-64(84)56(41(4)5)74-54(79)19-3/h29-36,41-46,51-53,56-61,81H,17-28,37-40H2,1-16H3,(H,71,82)(H,72,83)(H,73,84)(H,74,79)(H,75,85)(H3,69,70,87)/t44-,45+,46+,51-,52-,53+,56-,57-,58-,59-,60+,61+/m0/s1. The highest BCUT2D eigenvalue weighted by Gasteiger charge is 2.44. The number of amides is 10. The van der Waals surface area contributed by atoms with Gasteiger partial charge < -0.3 is 66.8 Å². The minimum atomic E-state index is -1.07. The molecule has 0 unspecified atom stereocenters. The Bertz CT molecular complexity index is 2620. The molecule has 512 valence electrons. The summed E-state index contributed by atoms with van der Waals surface area (Å²) in [6, 6.07) is 7.95. The molecule has 91 heavy (non-hydrogen) atoms. The van der Waals surface area contributed by atoms with E-state index < -0.39 is 114 Å². The third-order valence-electron chi connectivity index (χ3n) is 17.6. The van der Waals surface area contributed by atoms with E-state index in [1.54, 1.807) is 89.6 Å². The van der Waals surface area contributed by atoms with Crippen LogP contribution < -0.4 is 37.6 Å². The first-order chi connectivity index (χ1) is 43.1. The molecule has 9 N–H and O–H groups in total. The first kappa shape index (κ1) is 78.4. The second-order valence-electron chi connectivity index (χ2n) is 25.6. The second-order valence-corrected chi connectivity index (χ2v) is 25.6. The number of hydrogen-bond acceptors (Lipinski definition) is 13. The van der Waals surface area contributed by atoms with E-state index in [0.717, 1.165) is 12.8 Å². The van der Waals surface area contributed by atoms with Gasteiger partial charge in [0.15, 0.2) is 0 Å². The smallest absolute Gasteiger partial charge is 0.410 e. The van der Waals surface area contributed by atoms with Gasteiger partial charge in [-0.3, -0.25) is 38.5 Å². The number of aliphatic hydroxyl groups excluding tert-OH is 1. The minimum absolute atomic E-state index is 0.0807. The molecule has 1 aliphatic rings. The summed E-state index contributed by atoms with van der Waals surface area (Å²) in [7, 11) is 6.14. The van der Waals surface area contributed by atoms with E-state index in [1.165, 1.54) is 57.4 Å². The maximum atomic E-state index is 14.8. The van der Waals surface area contributed by atoms with Gasteiger partial charge in [-0.2, -0.15) is 0 Å². The van der Waals surface area contributed by atoms with Gasteiger partial charge in [-0.15, -0.1) is 0 Å². The number of anilines is 1. The summed E-state index contributed by atoms with van der Waals surface area (Å²) in [4.78, 5) is 126. The molecule has 10 amide bonds. The number of aliphatic hydroxyl groups is 1. The number of aryl methyl sites for hydroxylation is 1. The highest BCUT2D eigenvalue weighted by Crippen LogP contribution is 2.31. The van der Waals surface area contributed by atoms with Crippen molar-refractivity contribution >= 4 is 59.2 Å². The maximum absolute atomic E-state index is 14.8. The van der Waals surface area contributed by atoms with Crippen molar-refractivity contribution in [2.24, 2.45) is 35.3 Å². The van der Waals surface area contributed by atoms with Crippen LogP contribution in [-0.4, -0.2) is 169 Å². The molecule has 0 aliphatic carbocycles. The number of likely N-dealkylation sites (tertiary alicyclic amines) is 1. The predicted octanol–water partition coefficient (Wildman–Crippen LogP) is 7.51. The zero-order valence-electron chi connectivity index (χ0n) is 57.4. The summed E-state index contributed by atoms with van der Waals surface area (Å²) in [5, 5.41) is 28.0. The van der Waals surface area contributed by atoms with Crippen LogP contribution in [0.2, 0.25) is 0 Å². The zero-order chi connectivity index (χ0) is 68.2. The zero-order valence-corrected chi connectivity index (χ0v) is 57.4. The average Bonchev–Trinajstić information content (AvgIpc) is 2.21. The molecular formula is C68H112N10O13. The fraction of sp³-hybridized carbons (Fsp3) is 0.691. The monoisotopic (exact) mass is 1280 g/mol. The molecule has 1 aliphatic heterocycles. The van der Waals surface area contributed by atoms with Crippen molar-refractivity contribution in [2.45, 2.75) is 234 Å². The Balaban J connectivity index is 1.70. The van der Waals surface area contributed by atoms with Crippen molar-refractivity contribution in [2.75, 3.05) is 46.7 Å². The number of rotatable bonds is 39. The number of carbonyl (C=O) groups excluding carboxylic acids is 9. The van der Waals surface area contributed by atoms with E-state index in [0.29, 0.717) is 49.0 Å². The van der Waals surface area contributed by atoms with Gasteiger partial charge >= 0.3 is 12.1 Å². The molecule has 0 saturated carbocycles. The van der Waals surface area contributed by atoms with Crippen LogP contribution >= 0.6 is 0 Å². The fourth-order valence-electron chi connectivity index (χ4n) is 11.9. The van der Waals surface area contributed by atoms with Gasteiger partial charge in [0.2, 0.25) is 41.4 Å². The van der Waals surface area contributed by atoms with E-state index in [4.69, 9.17) is 19.9 Å². The van der Waals surface area contributed by atoms with Crippen molar-refractivity contribution in [3.63, 3.8) is 0 Å². The van der Waals surface area contributed by atoms with E-state index >= 15 is 0 Å². The second kappa shape index (κ2) is 39.5. The van der Waals surface area contributed by atoms with E-state index in [2.05, 4.69) is 38.8 Å². The van der Waals surface area contributed by atoms with Crippen LogP contribution in [0.5, 0.6) is 0 Å². The number of benzene rings is 2. The van der Waals surface area contributed by atoms with Crippen molar-refractivity contribution in [3.8, 4) is 0 Å². The molecule has 3 rings (SSSR count). The summed E-state index contributed by atoms with van der Waals surface area (Å²) in [6.07, 6.45) is 6.23. The van der Waals surface area contributed by atoms with Crippen molar-refractivity contribution in [1.29, 1.82) is 0 Å². The highest BCUT2D eigenvalue weighted by molar-refractivity contribution is 5.98. The molecule has 0 bridgehead atoms. The molecule has 23 heteroatoms. The molecule has 1 fully saturated rings. The van der Waals surface area contributed by atoms with Crippen LogP contribution in [-0.2, 0) is 60.8 Å². The number of nitrogens with one attached hydrogen (secondary N) is 6. The van der Waals surface area contributed by atoms with Gasteiger partial charge in [-0.05, 0) is 97.9 Å². The van der Waals surface area contributed by atoms with Gasteiger partial charge in [0.05, 0.1) is 48.8 Å². The lowest BCUT2D eigenvalue weighted by molar-refractivity contribution is -0.148. The van der Waals surface area contributed by atoms with Crippen molar-refractivity contribution < 1.29 is 62.5 Å². The summed E-state index contributed by atoms with van der Waals surface area (Å²) in [5.74, 6) is -4.89. The quantitative estimate of drug-likeness (QED) is 0.0301. The number of methoxy groups -OCH3 is 2. The molecule has 0 radical (unpaired) electrons. The maximum Gasteiger partial charge on any atom is 0.410 e. The molecule has 23 nitrogen and oxygen atoms in total. The normalized spacial score (nSPS) is 16.8. The first-order valence-corrected chi connectivity index (χ1v) is 33.0. The molecule has 2 aromatic rings. The number of ether oxygens (including phenoxy) is 3. The van der Waals surface area contributed by atoms with Gasteiger partial charge in [0.25, 0.3) is 0 Å². The SMILES string of the molecule is CCCCCCCc1ccc([C@H](O)[C@@H](C)NC(=O)[C@H](C)[C@@H](OC)[C@@H]2CCCN2C(=O)C[C@@H](OC)[C@H]([C@@H](C)CC)N(C)C(=O)[C@@H](NC(=O)[C@H](C(C)C)N(C)C(=O)OCc2ccc(NC(=O)[C@H](CCCNC(N)=O)NC(=O)[C@@H](NC(=O)CC)C(C)C)cc2)C(C)C)cc1. The molecule has 0 spiro atoms. The highest BCUT2D eigenvalue weighted by atomic mass is 16.6. The summed E-state index contributed by atoms with van der Waals surface area (Å²) < 4.78 is 17.8. The lowest BCUT2D eigenvalue weighted by atomic mass is 9.89. The Labute approximate surface area is 541 Å². The molecule has 1 saturated heterocycles. The molecule has 2 aromatic carbocycles. The number of primary amides is 1. The van der Waals surface area contributed by atoms with Gasteiger partial charge in [0, 0.05) is 53.5 Å². The Morgan fingerprint density at radius 1 is 0.692 bits per heavy atom. The summed E-state index contributed by atoms with van der Waals surface area (Å²) in [5.41, 5.74) is 8.05. The average molecular weight is 1280 g/mol. The lowest BCUT2D eigenvalue weighted by Gasteiger charge is -2.41. The topological polar surface area (TPSA) is 309 Å². The van der Waals surface area contributed by atoms with Gasteiger partial charge in [-0.25, -0.2) is 9.59 Å². The van der Waals surface area contributed by atoms with E-state index in [9.17, 15) is 48.3 Å². The summed E-state index contributed by atoms with van der Waals surface area (Å²) >= 11 is 0. The largest absolute Gasteiger partial charge is 0.445 e. The molecular weight excluding hydrogens is 1160 g/mol. The number of likely N-dealkylation sites (N-methyl/N-ethyl adjacent to an activating group) is 2. The van der Waals surface area contributed by atoms with Gasteiger partial charge in [0.1, 0.15) is 30.8 Å². The fourth-order valence-corrected chi connectivity index (χ4v) is 11.9. The minimum Gasteiger partial charge on any atom is -0.445 e. The van der Waals surface area contributed by atoms with Crippen molar-refractivity contribution in [3.05, 3.63) is 65.2 Å². The van der Waals surface area contributed by atoms with Crippen LogP contribution in [0, 0.1) is 29.6 Å². The van der Waals surface area contributed by atoms with Gasteiger partial charge in [-0.1, -0.05) is 145 Å². The number of unbranched alkanes of at least 4 members (excludes halogenated alkanes) is 4. The number of hydrogen-bond donors (Lipinski definition) is 8. The first-order valence-electron chi connectivity index (χ1n) is 33.0. The van der Waals surface area contributed by atoms with Crippen LogP contribution in [0.4, 0.5) is 15.3 Å². The third kappa shape index (κ3) is 24.3. The van der Waals surface area contributed by atoms with Crippen LogP contribution in [0.1, 0.15) is 183 Å². The summed E-state index contributed by atoms with van der Waals surface area (Å²) in [6.45, 7) is 22.5. The Morgan fingerprint density at radius 2 is 1.32 bits per heavy atom. The Hall–Kier alpha value is -6.85. The predicted molar refractivity (Wildman–Crippen MR) is 352 cm³/mol. The third-order valence-corrected chi connectivity index (χ3v) is 17.6. The van der Waals surface area contributed by atoms with Crippen LogP contribution in [0.25, 0.3) is 0 Å². The van der Waals surface area contributed by atoms with E-state index in [1.807, 2.05) is 52.0 Å². The number of urea groups is 1. The number of nitrogens with zero attached hydrogens (tertiary/aromatic N) is 3.